The molecule has 0 heterocycles. The molecule has 0 saturated heterocycles. The molecule has 0 fully saturated rings. The van der Waals surface area contributed by atoms with Crippen LogP contribution < -0.4 is 14.8 Å². The highest BCUT2D eigenvalue weighted by Gasteiger charge is 2.10. The van der Waals surface area contributed by atoms with Crippen molar-refractivity contribution in [2.24, 2.45) is 0 Å². The number of phenols is 1. The summed E-state index contributed by atoms with van der Waals surface area (Å²) < 4.78 is 23.7. The number of aromatic hydroxyl groups is 1. The molecule has 0 aliphatic carbocycles. The Kier molecular flexibility index (Phi) is 4.75. The molecule has 0 bridgehead atoms. The lowest BCUT2D eigenvalue weighted by atomic mass is 10.2. The summed E-state index contributed by atoms with van der Waals surface area (Å²) in [6.45, 7) is 0.359. The van der Waals surface area contributed by atoms with Crippen LogP contribution >= 0.6 is 11.6 Å². The normalized spacial score (nSPS) is 10.3. The molecule has 6 heteroatoms. The van der Waals surface area contributed by atoms with Gasteiger partial charge >= 0.3 is 0 Å². The summed E-state index contributed by atoms with van der Waals surface area (Å²) in [5, 5.41) is 12.7. The van der Waals surface area contributed by atoms with Crippen LogP contribution in [0.3, 0.4) is 0 Å². The van der Waals surface area contributed by atoms with Gasteiger partial charge in [0.25, 0.3) is 0 Å². The second-order valence-corrected chi connectivity index (χ2v) is 4.73. The van der Waals surface area contributed by atoms with E-state index in [1.807, 2.05) is 0 Å². The van der Waals surface area contributed by atoms with Crippen LogP contribution in [0.1, 0.15) is 5.56 Å². The first-order valence-electron chi connectivity index (χ1n) is 6.18. The van der Waals surface area contributed by atoms with E-state index < -0.39 is 5.82 Å². The third-order valence-electron chi connectivity index (χ3n) is 2.97. The number of methoxy groups -OCH3 is 2. The van der Waals surface area contributed by atoms with Gasteiger partial charge in [0.15, 0.2) is 11.6 Å². The number of hydrogen-bond acceptors (Lipinski definition) is 4. The van der Waals surface area contributed by atoms with Gasteiger partial charge in [0.05, 0.1) is 24.9 Å². The zero-order valence-electron chi connectivity index (χ0n) is 11.6. The van der Waals surface area contributed by atoms with E-state index in [4.69, 9.17) is 26.2 Å². The largest absolute Gasteiger partial charge is 0.505 e. The van der Waals surface area contributed by atoms with E-state index in [-0.39, 0.29) is 5.75 Å². The van der Waals surface area contributed by atoms with Crippen molar-refractivity contribution in [1.29, 1.82) is 0 Å². The van der Waals surface area contributed by atoms with Crippen molar-refractivity contribution in [3.63, 3.8) is 0 Å². The van der Waals surface area contributed by atoms with Gasteiger partial charge in [-0.25, -0.2) is 4.39 Å². The topological polar surface area (TPSA) is 50.7 Å². The summed E-state index contributed by atoms with van der Waals surface area (Å²) in [5.74, 6) is 0.0383. The second-order valence-electron chi connectivity index (χ2n) is 4.33. The number of anilines is 1. The summed E-state index contributed by atoms with van der Waals surface area (Å²) in [7, 11) is 3.05. The first-order chi connectivity index (χ1) is 10.0. The maximum Gasteiger partial charge on any atom is 0.165 e. The zero-order chi connectivity index (χ0) is 15.4. The van der Waals surface area contributed by atoms with E-state index in [1.165, 1.54) is 26.4 Å². The van der Waals surface area contributed by atoms with E-state index in [0.717, 1.165) is 0 Å². The lowest BCUT2D eigenvalue weighted by Crippen LogP contribution is -2.02. The van der Waals surface area contributed by atoms with Crippen LogP contribution in [0.25, 0.3) is 0 Å². The third kappa shape index (κ3) is 3.49. The van der Waals surface area contributed by atoms with Crippen LogP contribution in [0, 0.1) is 5.82 Å². The first-order valence-corrected chi connectivity index (χ1v) is 6.55. The standard InChI is InChI=1S/C15H15ClFNO3/c1-20-14-7-12(15(21-2)6-10(14)16)18-8-9-3-4-13(19)11(17)5-9/h3-7,18-19H,8H2,1-2H3. The molecule has 0 saturated carbocycles. The summed E-state index contributed by atoms with van der Waals surface area (Å²) >= 11 is 6.03. The Hall–Kier alpha value is -2.14. The highest BCUT2D eigenvalue weighted by atomic mass is 35.5. The first kappa shape index (κ1) is 15.3. The number of benzene rings is 2. The molecule has 0 unspecified atom stereocenters. The van der Waals surface area contributed by atoms with Crippen molar-refractivity contribution in [3.8, 4) is 17.2 Å². The van der Waals surface area contributed by atoms with Gasteiger partial charge in [0.2, 0.25) is 0 Å². The molecule has 2 aromatic carbocycles. The summed E-state index contributed by atoms with van der Waals surface area (Å²) in [6.07, 6.45) is 0. The SMILES string of the molecule is COc1cc(NCc2ccc(O)c(F)c2)c(OC)cc1Cl. The highest BCUT2D eigenvalue weighted by molar-refractivity contribution is 6.32. The molecule has 0 aliphatic heterocycles. The second kappa shape index (κ2) is 6.54. The molecule has 0 radical (unpaired) electrons. The quantitative estimate of drug-likeness (QED) is 0.881. The van der Waals surface area contributed by atoms with E-state index >= 15 is 0 Å². The molecule has 112 valence electrons. The Bertz CT molecular complexity index is 649. The van der Waals surface area contributed by atoms with Gasteiger partial charge in [0, 0.05) is 18.7 Å². The van der Waals surface area contributed by atoms with Crippen molar-refractivity contribution < 1.29 is 19.0 Å². The van der Waals surface area contributed by atoms with E-state index in [2.05, 4.69) is 5.32 Å². The molecule has 0 amide bonds. The van der Waals surface area contributed by atoms with Crippen LogP contribution in [0.2, 0.25) is 5.02 Å². The smallest absolute Gasteiger partial charge is 0.165 e. The van der Waals surface area contributed by atoms with Crippen LogP contribution in [-0.2, 0) is 6.54 Å². The van der Waals surface area contributed by atoms with Crippen molar-refractivity contribution in [2.45, 2.75) is 6.54 Å². The van der Waals surface area contributed by atoms with Gasteiger partial charge in [0.1, 0.15) is 11.5 Å². The molecular formula is C15H15ClFNO3. The number of phenolic OH excluding ortho intramolecular Hbond substituents is 1. The Balaban J connectivity index is 2.20. The number of halogens is 2. The van der Waals surface area contributed by atoms with Crippen molar-refractivity contribution in [3.05, 3.63) is 46.7 Å². The summed E-state index contributed by atoms with van der Waals surface area (Å²) in [5.41, 5.74) is 1.36. The fraction of sp³-hybridized carbons (Fsp3) is 0.200. The van der Waals surface area contributed by atoms with Crippen molar-refractivity contribution in [1.82, 2.24) is 0 Å². The maximum absolute atomic E-state index is 13.3. The highest BCUT2D eigenvalue weighted by Crippen LogP contribution is 2.36. The van der Waals surface area contributed by atoms with Gasteiger partial charge in [-0.05, 0) is 17.7 Å². The van der Waals surface area contributed by atoms with E-state index in [9.17, 15) is 4.39 Å². The van der Waals surface area contributed by atoms with Gasteiger partial charge in [-0.1, -0.05) is 17.7 Å². The predicted octanol–water partition coefficient (Wildman–Crippen LogP) is 3.81. The molecule has 4 nitrogen and oxygen atoms in total. The van der Waals surface area contributed by atoms with Gasteiger partial charge in [-0.2, -0.15) is 0 Å². The predicted molar refractivity (Wildman–Crippen MR) is 79.9 cm³/mol. The maximum atomic E-state index is 13.3. The molecule has 2 rings (SSSR count). The Morgan fingerprint density at radius 2 is 1.86 bits per heavy atom. The molecule has 0 spiro atoms. The zero-order valence-corrected chi connectivity index (χ0v) is 12.4. The Labute approximate surface area is 127 Å². The Morgan fingerprint density at radius 3 is 2.48 bits per heavy atom. The van der Waals surface area contributed by atoms with Gasteiger partial charge < -0.3 is 19.9 Å². The van der Waals surface area contributed by atoms with E-state index in [1.54, 1.807) is 18.2 Å². The van der Waals surface area contributed by atoms with E-state index in [0.29, 0.717) is 34.3 Å². The molecule has 0 aromatic heterocycles. The average Bonchev–Trinajstić information content (AvgIpc) is 2.48. The molecule has 2 aromatic rings. The summed E-state index contributed by atoms with van der Waals surface area (Å²) in [4.78, 5) is 0. The van der Waals surface area contributed by atoms with Crippen molar-refractivity contribution >= 4 is 17.3 Å². The number of nitrogens with one attached hydrogen (secondary N) is 1. The van der Waals surface area contributed by atoms with Gasteiger partial charge in [-0.15, -0.1) is 0 Å². The third-order valence-corrected chi connectivity index (χ3v) is 3.26. The number of hydrogen-bond donors (Lipinski definition) is 2. The van der Waals surface area contributed by atoms with Crippen LogP contribution in [0.15, 0.2) is 30.3 Å². The van der Waals surface area contributed by atoms with Crippen LogP contribution in [0.5, 0.6) is 17.2 Å². The minimum absolute atomic E-state index is 0.359. The lowest BCUT2D eigenvalue weighted by molar-refractivity contribution is 0.404. The van der Waals surface area contributed by atoms with Crippen LogP contribution in [-0.4, -0.2) is 19.3 Å². The fourth-order valence-corrected chi connectivity index (χ4v) is 2.09. The fourth-order valence-electron chi connectivity index (χ4n) is 1.86. The molecule has 0 aliphatic rings. The lowest BCUT2D eigenvalue weighted by Gasteiger charge is -2.14. The Morgan fingerprint density at radius 1 is 1.14 bits per heavy atom. The number of ether oxygens (including phenoxy) is 2. The summed E-state index contributed by atoms with van der Waals surface area (Å²) in [6, 6.07) is 7.55. The minimum atomic E-state index is -0.657. The molecule has 0 atom stereocenters. The van der Waals surface area contributed by atoms with Crippen molar-refractivity contribution in [2.75, 3.05) is 19.5 Å². The monoisotopic (exact) mass is 311 g/mol. The number of rotatable bonds is 5. The average molecular weight is 312 g/mol. The van der Waals surface area contributed by atoms with Gasteiger partial charge in [-0.3, -0.25) is 0 Å². The molecule has 21 heavy (non-hydrogen) atoms. The minimum Gasteiger partial charge on any atom is -0.505 e. The molecular weight excluding hydrogens is 297 g/mol. The molecule has 2 N–H and O–H groups in total. The van der Waals surface area contributed by atoms with Crippen LogP contribution in [0.4, 0.5) is 10.1 Å².